The molecule has 0 saturated heterocycles. The minimum atomic E-state index is -1.28. The number of nitrogens with zero attached hydrogens (tertiary/aromatic N) is 2. The van der Waals surface area contributed by atoms with Crippen molar-refractivity contribution in [3.63, 3.8) is 0 Å². The summed E-state index contributed by atoms with van der Waals surface area (Å²) in [5.41, 5.74) is 1.11. The molecule has 2 aromatic heterocycles. The molecule has 0 unspecified atom stereocenters. The van der Waals surface area contributed by atoms with Crippen molar-refractivity contribution >= 4 is 51.0 Å². The van der Waals surface area contributed by atoms with E-state index in [2.05, 4.69) is 20.6 Å². The van der Waals surface area contributed by atoms with E-state index in [1.165, 1.54) is 17.5 Å². The van der Waals surface area contributed by atoms with E-state index < -0.39 is 17.7 Å². The summed E-state index contributed by atoms with van der Waals surface area (Å²) in [5, 5.41) is 13.2. The lowest BCUT2D eigenvalue weighted by atomic mass is 10.1. The Labute approximate surface area is 201 Å². The van der Waals surface area contributed by atoms with Crippen molar-refractivity contribution in [3.05, 3.63) is 83.6 Å². The molecule has 4 rings (SSSR count). The van der Waals surface area contributed by atoms with E-state index in [9.17, 15) is 14.4 Å². The SMILES string of the molecule is CC.CO.O=Cc1cc2cnc(C(C(=O)Nc3ccccc3)C(=O)Nc3ccccc3)nc2s1. The van der Waals surface area contributed by atoms with Crippen LogP contribution in [0.25, 0.3) is 10.2 Å². The average molecular weight is 479 g/mol. The summed E-state index contributed by atoms with van der Waals surface area (Å²) in [5.74, 6) is -2.33. The molecule has 0 bridgehead atoms. The van der Waals surface area contributed by atoms with Crippen LogP contribution in [0.2, 0.25) is 0 Å². The first kappa shape index (κ1) is 26.3. The van der Waals surface area contributed by atoms with Gasteiger partial charge in [0.1, 0.15) is 4.83 Å². The number of rotatable bonds is 6. The molecule has 0 radical (unpaired) electrons. The van der Waals surface area contributed by atoms with Gasteiger partial charge >= 0.3 is 0 Å². The second-order valence-corrected chi connectivity index (χ2v) is 7.46. The maximum absolute atomic E-state index is 13.0. The molecule has 0 saturated carbocycles. The zero-order valence-electron chi connectivity index (χ0n) is 19.1. The van der Waals surface area contributed by atoms with Crippen LogP contribution in [0, 0.1) is 0 Å². The Morgan fingerprint density at radius 2 is 1.41 bits per heavy atom. The van der Waals surface area contributed by atoms with E-state index in [-0.39, 0.29) is 5.82 Å². The monoisotopic (exact) mass is 478 g/mol. The Bertz CT molecular complexity index is 1160. The number of anilines is 2. The molecule has 0 aliphatic heterocycles. The van der Waals surface area contributed by atoms with Crippen LogP contribution in [0.4, 0.5) is 11.4 Å². The molecule has 4 aromatic rings. The fraction of sp³-hybridized carbons (Fsp3) is 0.160. The number of hydrogen-bond donors (Lipinski definition) is 3. The van der Waals surface area contributed by atoms with Crippen LogP contribution >= 0.6 is 11.3 Å². The number of fused-ring (bicyclic) bond motifs is 1. The van der Waals surface area contributed by atoms with Crippen molar-refractivity contribution in [1.29, 1.82) is 0 Å². The lowest BCUT2D eigenvalue weighted by Crippen LogP contribution is -2.33. The molecule has 3 N–H and O–H groups in total. The zero-order valence-corrected chi connectivity index (χ0v) is 19.9. The number of nitrogens with one attached hydrogen (secondary N) is 2. The molecule has 2 aromatic carbocycles. The lowest BCUT2D eigenvalue weighted by Gasteiger charge is -2.16. The number of amides is 2. The summed E-state index contributed by atoms with van der Waals surface area (Å²) < 4.78 is 0. The third kappa shape index (κ3) is 6.77. The van der Waals surface area contributed by atoms with Crippen LogP contribution in [0.15, 0.2) is 72.9 Å². The minimum absolute atomic E-state index is 0.0589. The van der Waals surface area contributed by atoms with Crippen LogP contribution in [0.3, 0.4) is 0 Å². The number of carbonyl (C=O) groups excluding carboxylic acids is 3. The third-order valence-corrected chi connectivity index (χ3v) is 5.26. The predicted molar refractivity (Wildman–Crippen MR) is 135 cm³/mol. The van der Waals surface area contributed by atoms with E-state index in [0.717, 1.165) is 13.4 Å². The number of aromatic nitrogens is 2. The Hall–Kier alpha value is -3.95. The van der Waals surface area contributed by atoms with Gasteiger partial charge in [-0.1, -0.05) is 50.2 Å². The van der Waals surface area contributed by atoms with Crippen molar-refractivity contribution in [2.75, 3.05) is 17.7 Å². The standard InChI is InChI=1S/C22H16N4O3S.C2H6.CH4O/c27-13-17-11-14-12-23-19(26-22(14)30-17)18(20(28)24-15-7-3-1-4-8-15)21(29)25-16-9-5-2-6-10-16;2*1-2/h1-13,18H,(H,24,28)(H,25,29);1-2H3;2H,1H3. The average Bonchev–Trinajstić information content (AvgIpc) is 3.30. The molecule has 176 valence electrons. The van der Waals surface area contributed by atoms with Gasteiger partial charge in [0.25, 0.3) is 0 Å². The Kier molecular flexibility index (Phi) is 10.5. The molecule has 0 aliphatic rings. The first-order valence-corrected chi connectivity index (χ1v) is 11.3. The molecule has 0 atom stereocenters. The van der Waals surface area contributed by atoms with Crippen LogP contribution in [-0.2, 0) is 9.59 Å². The molecule has 2 heterocycles. The van der Waals surface area contributed by atoms with E-state index in [4.69, 9.17) is 5.11 Å². The van der Waals surface area contributed by atoms with Gasteiger partial charge in [-0.25, -0.2) is 9.97 Å². The quantitative estimate of drug-likeness (QED) is 0.277. The molecule has 34 heavy (non-hydrogen) atoms. The summed E-state index contributed by atoms with van der Waals surface area (Å²) in [4.78, 5) is 46.8. The number of aliphatic hydroxyl groups is 1. The highest BCUT2D eigenvalue weighted by Crippen LogP contribution is 2.25. The first-order valence-electron chi connectivity index (χ1n) is 10.5. The summed E-state index contributed by atoms with van der Waals surface area (Å²) in [6, 6.07) is 19.4. The largest absolute Gasteiger partial charge is 0.400 e. The number of para-hydroxylation sites is 2. The summed E-state index contributed by atoms with van der Waals surface area (Å²) in [6.45, 7) is 4.00. The number of aldehydes is 1. The van der Waals surface area contributed by atoms with Crippen molar-refractivity contribution in [2.24, 2.45) is 0 Å². The van der Waals surface area contributed by atoms with Gasteiger partial charge in [-0.05, 0) is 30.3 Å². The van der Waals surface area contributed by atoms with Gasteiger partial charge in [0.05, 0.1) is 4.88 Å². The summed E-state index contributed by atoms with van der Waals surface area (Å²) in [7, 11) is 1.00. The van der Waals surface area contributed by atoms with Crippen LogP contribution in [-0.4, -0.2) is 40.3 Å². The molecule has 0 spiro atoms. The second kappa shape index (κ2) is 13.6. The number of benzene rings is 2. The number of aliphatic hydroxyl groups excluding tert-OH is 1. The highest BCUT2D eigenvalue weighted by molar-refractivity contribution is 7.20. The predicted octanol–water partition coefficient (Wildman–Crippen LogP) is 4.50. The minimum Gasteiger partial charge on any atom is -0.400 e. The maximum atomic E-state index is 13.0. The number of thiophene rings is 1. The first-order chi connectivity index (χ1) is 16.6. The van der Waals surface area contributed by atoms with Gasteiger partial charge in [0.2, 0.25) is 11.8 Å². The summed E-state index contributed by atoms with van der Waals surface area (Å²) >= 11 is 1.18. The van der Waals surface area contributed by atoms with E-state index in [1.54, 1.807) is 54.6 Å². The Morgan fingerprint density at radius 3 is 1.88 bits per heavy atom. The van der Waals surface area contributed by atoms with Crippen molar-refractivity contribution < 1.29 is 19.5 Å². The van der Waals surface area contributed by atoms with Gasteiger partial charge in [-0.15, -0.1) is 11.3 Å². The third-order valence-electron chi connectivity index (χ3n) is 4.29. The van der Waals surface area contributed by atoms with Crippen LogP contribution in [0.5, 0.6) is 0 Å². The van der Waals surface area contributed by atoms with Gasteiger partial charge in [0, 0.05) is 30.1 Å². The lowest BCUT2D eigenvalue weighted by molar-refractivity contribution is -0.126. The van der Waals surface area contributed by atoms with E-state index in [0.29, 0.717) is 26.5 Å². The summed E-state index contributed by atoms with van der Waals surface area (Å²) in [6.07, 6.45) is 2.24. The van der Waals surface area contributed by atoms with Gasteiger partial charge in [0.15, 0.2) is 18.0 Å². The van der Waals surface area contributed by atoms with Crippen LogP contribution < -0.4 is 10.6 Å². The molecule has 0 aliphatic carbocycles. The highest BCUT2D eigenvalue weighted by atomic mass is 32.1. The topological polar surface area (TPSA) is 121 Å². The highest BCUT2D eigenvalue weighted by Gasteiger charge is 2.32. The molecule has 9 heteroatoms. The van der Waals surface area contributed by atoms with Crippen LogP contribution in [0.1, 0.15) is 35.3 Å². The number of carbonyl (C=O) groups is 3. The fourth-order valence-electron chi connectivity index (χ4n) is 2.89. The molecular formula is C25H26N4O4S. The van der Waals surface area contributed by atoms with Crippen molar-refractivity contribution in [2.45, 2.75) is 19.8 Å². The second-order valence-electron chi connectivity index (χ2n) is 6.40. The van der Waals surface area contributed by atoms with Gasteiger partial charge < -0.3 is 15.7 Å². The Balaban J connectivity index is 0.000000970. The van der Waals surface area contributed by atoms with Gasteiger partial charge in [-0.2, -0.15) is 0 Å². The normalized spacial score (nSPS) is 9.79. The Morgan fingerprint density at radius 1 is 0.912 bits per heavy atom. The molecule has 8 nitrogen and oxygen atoms in total. The van der Waals surface area contributed by atoms with Crippen molar-refractivity contribution in [3.8, 4) is 0 Å². The van der Waals surface area contributed by atoms with Gasteiger partial charge in [-0.3, -0.25) is 14.4 Å². The molecule has 2 amide bonds. The van der Waals surface area contributed by atoms with Crippen molar-refractivity contribution in [1.82, 2.24) is 9.97 Å². The zero-order chi connectivity index (χ0) is 24.9. The molecular weight excluding hydrogens is 452 g/mol. The van der Waals surface area contributed by atoms with E-state index >= 15 is 0 Å². The van der Waals surface area contributed by atoms with E-state index in [1.807, 2.05) is 26.0 Å². The smallest absolute Gasteiger partial charge is 0.244 e. The number of hydrogen-bond acceptors (Lipinski definition) is 7. The molecule has 0 fully saturated rings. The maximum Gasteiger partial charge on any atom is 0.244 e. The fourth-order valence-corrected chi connectivity index (χ4v) is 3.71.